The zero-order valence-electron chi connectivity index (χ0n) is 13.4. The van der Waals surface area contributed by atoms with Crippen molar-refractivity contribution in [1.82, 2.24) is 9.88 Å². The van der Waals surface area contributed by atoms with Crippen molar-refractivity contribution < 1.29 is 14.3 Å². The van der Waals surface area contributed by atoms with Crippen LogP contribution in [0.1, 0.15) is 55.6 Å². The number of hydrogen-bond donors (Lipinski definition) is 2. The van der Waals surface area contributed by atoms with Crippen LogP contribution < -0.4 is 5.32 Å². The molecule has 1 saturated heterocycles. The Morgan fingerprint density at radius 2 is 2.38 bits per heavy atom. The van der Waals surface area contributed by atoms with Gasteiger partial charge in [0.1, 0.15) is 11.9 Å². The van der Waals surface area contributed by atoms with E-state index in [0.29, 0.717) is 29.8 Å². The van der Waals surface area contributed by atoms with E-state index in [-0.39, 0.29) is 12.1 Å². The fourth-order valence-electron chi connectivity index (χ4n) is 3.28. The largest absolute Gasteiger partial charge is 0.467 e. The Kier molecular flexibility index (Phi) is 4.28. The van der Waals surface area contributed by atoms with Crippen LogP contribution in [-0.2, 0) is 0 Å². The summed E-state index contributed by atoms with van der Waals surface area (Å²) in [5.41, 5.74) is 1.10. The lowest BCUT2D eigenvalue weighted by molar-refractivity contribution is 0.110. The number of thiazole rings is 1. The van der Waals surface area contributed by atoms with E-state index in [1.807, 2.05) is 10.3 Å². The molecule has 0 aromatic carbocycles. The summed E-state index contributed by atoms with van der Waals surface area (Å²) < 4.78 is 5.25. The van der Waals surface area contributed by atoms with Crippen LogP contribution in [0.5, 0.6) is 0 Å². The molecule has 3 heterocycles. The Morgan fingerprint density at radius 3 is 3.12 bits per heavy atom. The minimum Gasteiger partial charge on any atom is -0.467 e. The Morgan fingerprint density at radius 1 is 1.50 bits per heavy atom. The van der Waals surface area contributed by atoms with Crippen molar-refractivity contribution in [3.05, 3.63) is 35.2 Å². The van der Waals surface area contributed by atoms with Crippen LogP contribution in [0.2, 0.25) is 0 Å². The van der Waals surface area contributed by atoms with E-state index in [1.165, 1.54) is 24.2 Å². The molecule has 0 spiro atoms. The van der Waals surface area contributed by atoms with E-state index in [4.69, 9.17) is 4.42 Å². The van der Waals surface area contributed by atoms with E-state index < -0.39 is 6.10 Å². The monoisotopic (exact) mass is 347 g/mol. The maximum atomic E-state index is 12.6. The van der Waals surface area contributed by atoms with E-state index in [1.54, 1.807) is 18.4 Å². The van der Waals surface area contributed by atoms with Crippen molar-refractivity contribution >= 4 is 22.5 Å². The molecule has 0 bridgehead atoms. The number of carbonyl (C=O) groups excluding carboxylic acids is 1. The number of hydrogen-bond acceptors (Lipinski definition) is 5. The Hall–Kier alpha value is -1.86. The van der Waals surface area contributed by atoms with Gasteiger partial charge >= 0.3 is 6.03 Å². The molecule has 6 nitrogen and oxygen atoms in total. The van der Waals surface area contributed by atoms with Gasteiger partial charge in [0.25, 0.3) is 0 Å². The molecular formula is C17H21N3O3S. The summed E-state index contributed by atoms with van der Waals surface area (Å²) in [5.74, 6) is 1.14. The first-order chi connectivity index (χ1) is 11.7. The van der Waals surface area contributed by atoms with Crippen LogP contribution >= 0.6 is 11.3 Å². The molecule has 2 fully saturated rings. The number of likely N-dealkylation sites (tertiary alicyclic amines) is 1. The lowest BCUT2D eigenvalue weighted by Crippen LogP contribution is -2.39. The van der Waals surface area contributed by atoms with Crippen LogP contribution in [0.15, 0.2) is 28.2 Å². The summed E-state index contributed by atoms with van der Waals surface area (Å²) in [6, 6.07) is 3.42. The second kappa shape index (κ2) is 6.57. The van der Waals surface area contributed by atoms with Gasteiger partial charge in [-0.1, -0.05) is 0 Å². The average Bonchev–Trinajstić information content (AvgIpc) is 3.00. The number of amides is 2. The number of aromatic nitrogens is 1. The number of carbonyl (C=O) groups is 1. The molecular weight excluding hydrogens is 326 g/mol. The van der Waals surface area contributed by atoms with Gasteiger partial charge in [-0.2, -0.15) is 0 Å². The molecule has 7 heteroatoms. The second-order valence-corrected chi connectivity index (χ2v) is 7.40. The summed E-state index contributed by atoms with van der Waals surface area (Å²) in [5, 5.41) is 15.9. The zero-order chi connectivity index (χ0) is 16.5. The predicted molar refractivity (Wildman–Crippen MR) is 91.1 cm³/mol. The molecule has 1 saturated carbocycles. The fraction of sp³-hybridized carbons (Fsp3) is 0.529. The third-order valence-electron chi connectivity index (χ3n) is 4.74. The number of rotatable bonds is 5. The Bertz CT molecular complexity index is 696. The minimum atomic E-state index is -0.681. The molecule has 4 rings (SSSR count). The first kappa shape index (κ1) is 15.7. The van der Waals surface area contributed by atoms with Crippen LogP contribution in [0.4, 0.5) is 9.93 Å². The smallest absolute Gasteiger partial charge is 0.323 e. The van der Waals surface area contributed by atoms with Crippen molar-refractivity contribution in [2.45, 2.75) is 50.2 Å². The molecule has 2 N–H and O–H groups in total. The van der Waals surface area contributed by atoms with E-state index in [0.717, 1.165) is 18.5 Å². The predicted octanol–water partition coefficient (Wildman–Crippen LogP) is 3.73. The van der Waals surface area contributed by atoms with Gasteiger partial charge in [-0.15, -0.1) is 11.3 Å². The number of nitrogens with zero attached hydrogens (tertiary/aromatic N) is 2. The summed E-state index contributed by atoms with van der Waals surface area (Å²) in [6.45, 7) is 0.711. The zero-order valence-corrected chi connectivity index (χ0v) is 14.2. The van der Waals surface area contributed by atoms with E-state index in [9.17, 15) is 9.90 Å². The van der Waals surface area contributed by atoms with Gasteiger partial charge in [-0.05, 0) is 37.8 Å². The van der Waals surface area contributed by atoms with Gasteiger partial charge in [0, 0.05) is 30.3 Å². The molecule has 0 radical (unpaired) electrons. The average molecular weight is 347 g/mol. The molecule has 24 heavy (non-hydrogen) atoms. The minimum absolute atomic E-state index is 0.0213. The van der Waals surface area contributed by atoms with E-state index >= 15 is 0 Å². The Labute approximate surface area is 144 Å². The van der Waals surface area contributed by atoms with Crippen molar-refractivity contribution in [2.75, 3.05) is 11.9 Å². The second-order valence-electron chi connectivity index (χ2n) is 6.54. The molecule has 2 aromatic heterocycles. The number of urea groups is 1. The fourth-order valence-corrected chi connectivity index (χ4v) is 4.06. The van der Waals surface area contributed by atoms with Gasteiger partial charge in [-0.25, -0.2) is 9.78 Å². The lowest BCUT2D eigenvalue weighted by Gasteiger charge is -2.25. The van der Waals surface area contributed by atoms with Crippen molar-refractivity contribution in [3.8, 4) is 0 Å². The highest BCUT2D eigenvalue weighted by atomic mass is 32.1. The molecule has 1 aliphatic carbocycles. The number of aliphatic hydroxyl groups is 1. The number of aliphatic hydroxyl groups excluding tert-OH is 1. The standard InChI is InChI=1S/C17H21N3O3S/c21-14(15-4-2-8-23-15)9-12-3-1-7-20(12)17(22)19-16-18-13(10-24-16)11-5-6-11/h2,4,8,10-12,14,21H,1,3,5-7,9H2,(H,18,19,22). The highest BCUT2D eigenvalue weighted by Gasteiger charge is 2.32. The van der Waals surface area contributed by atoms with Crippen LogP contribution in [-0.4, -0.2) is 33.6 Å². The van der Waals surface area contributed by atoms with Gasteiger partial charge in [-0.3, -0.25) is 5.32 Å². The highest BCUT2D eigenvalue weighted by Crippen LogP contribution is 2.41. The number of nitrogens with one attached hydrogen (secondary N) is 1. The normalized spacial score (nSPS) is 21.9. The summed E-state index contributed by atoms with van der Waals surface area (Å²) in [7, 11) is 0. The van der Waals surface area contributed by atoms with Gasteiger partial charge in [0.15, 0.2) is 5.13 Å². The topological polar surface area (TPSA) is 78.6 Å². The van der Waals surface area contributed by atoms with Gasteiger partial charge < -0.3 is 14.4 Å². The van der Waals surface area contributed by atoms with Crippen LogP contribution in [0, 0.1) is 0 Å². The SMILES string of the molecule is O=C(Nc1nc(C2CC2)cs1)N1CCCC1CC(O)c1ccco1. The van der Waals surface area contributed by atoms with Crippen LogP contribution in [0.3, 0.4) is 0 Å². The van der Waals surface area contributed by atoms with Gasteiger partial charge in [0.2, 0.25) is 0 Å². The number of furan rings is 1. The Balaban J connectivity index is 1.37. The van der Waals surface area contributed by atoms with Crippen molar-refractivity contribution in [1.29, 1.82) is 0 Å². The maximum Gasteiger partial charge on any atom is 0.323 e. The third kappa shape index (κ3) is 3.32. The maximum absolute atomic E-state index is 12.6. The summed E-state index contributed by atoms with van der Waals surface area (Å²) >= 11 is 1.48. The molecule has 2 aromatic rings. The molecule has 2 unspecified atom stereocenters. The van der Waals surface area contributed by atoms with Gasteiger partial charge in [0.05, 0.1) is 12.0 Å². The van der Waals surface area contributed by atoms with Crippen LogP contribution in [0.25, 0.3) is 0 Å². The first-order valence-electron chi connectivity index (χ1n) is 8.45. The summed E-state index contributed by atoms with van der Waals surface area (Å²) in [6.07, 6.45) is 5.62. The molecule has 2 aliphatic rings. The van der Waals surface area contributed by atoms with Crippen molar-refractivity contribution in [2.24, 2.45) is 0 Å². The molecule has 1 aliphatic heterocycles. The first-order valence-corrected chi connectivity index (χ1v) is 9.33. The highest BCUT2D eigenvalue weighted by molar-refractivity contribution is 7.13. The van der Waals surface area contributed by atoms with Crippen molar-refractivity contribution in [3.63, 3.8) is 0 Å². The molecule has 128 valence electrons. The summed E-state index contributed by atoms with van der Waals surface area (Å²) in [4.78, 5) is 18.9. The quantitative estimate of drug-likeness (QED) is 0.864. The number of anilines is 1. The van der Waals surface area contributed by atoms with E-state index in [2.05, 4.69) is 10.3 Å². The lowest BCUT2D eigenvalue weighted by atomic mass is 10.1. The molecule has 2 amide bonds. The third-order valence-corrected chi connectivity index (χ3v) is 5.51. The molecule has 2 atom stereocenters.